The summed E-state index contributed by atoms with van der Waals surface area (Å²) in [6.45, 7) is 0.297. The Morgan fingerprint density at radius 3 is 2.32 bits per heavy atom. The number of rotatable bonds is 6. The average molecular weight is 455 g/mol. The van der Waals surface area contributed by atoms with Crippen LogP contribution in [0.1, 0.15) is 16.2 Å². The van der Waals surface area contributed by atoms with E-state index in [1.807, 2.05) is 54.6 Å². The van der Waals surface area contributed by atoms with Gasteiger partial charge in [-0.2, -0.15) is 0 Å². The van der Waals surface area contributed by atoms with Gasteiger partial charge in [-0.25, -0.2) is 4.98 Å². The summed E-state index contributed by atoms with van der Waals surface area (Å²) in [6.07, 6.45) is 0. The van der Waals surface area contributed by atoms with E-state index in [1.54, 1.807) is 0 Å². The summed E-state index contributed by atoms with van der Waals surface area (Å²) >= 11 is 11.9. The van der Waals surface area contributed by atoms with Crippen LogP contribution in [0.3, 0.4) is 0 Å². The standard InChI is InChI=1S/C22H16Cl2N4O3/c23-17-10-14(11-18(24)19(17)29)20-26-21(28-27-20)22(30)25-12-13-6-8-16(9-7-13)31-15-4-2-1-3-5-15/h1-11,29H,12H2,(H,25,30)(H,26,27,28). The van der Waals surface area contributed by atoms with Gasteiger partial charge in [-0.1, -0.05) is 53.5 Å². The number of phenolic OH excluding ortho intramolecular Hbond substituents is 1. The van der Waals surface area contributed by atoms with Gasteiger partial charge in [-0.3, -0.25) is 9.89 Å². The van der Waals surface area contributed by atoms with Gasteiger partial charge in [-0.05, 0) is 42.0 Å². The minimum atomic E-state index is -0.442. The van der Waals surface area contributed by atoms with Crippen LogP contribution in [0, 0.1) is 0 Å². The third-order valence-corrected chi connectivity index (χ3v) is 4.91. The number of carbonyl (C=O) groups is 1. The molecule has 0 spiro atoms. The van der Waals surface area contributed by atoms with Crippen LogP contribution in [-0.2, 0) is 6.54 Å². The van der Waals surface area contributed by atoms with E-state index < -0.39 is 5.91 Å². The number of benzene rings is 3. The van der Waals surface area contributed by atoms with Crippen molar-refractivity contribution in [1.82, 2.24) is 20.5 Å². The Kier molecular flexibility index (Phi) is 6.06. The number of nitrogens with zero attached hydrogens (tertiary/aromatic N) is 2. The number of para-hydroxylation sites is 1. The minimum absolute atomic E-state index is 0.0284. The molecule has 0 bridgehead atoms. The zero-order valence-corrected chi connectivity index (χ0v) is 17.5. The molecule has 0 aliphatic rings. The number of hydrogen-bond acceptors (Lipinski definition) is 5. The van der Waals surface area contributed by atoms with Gasteiger partial charge in [0.05, 0.1) is 10.0 Å². The van der Waals surface area contributed by atoms with Gasteiger partial charge in [-0.15, -0.1) is 5.10 Å². The third-order valence-electron chi connectivity index (χ3n) is 4.33. The van der Waals surface area contributed by atoms with E-state index in [1.165, 1.54) is 12.1 Å². The highest BCUT2D eigenvalue weighted by atomic mass is 35.5. The summed E-state index contributed by atoms with van der Waals surface area (Å²) in [5.74, 6) is 1.06. The van der Waals surface area contributed by atoms with Crippen LogP contribution >= 0.6 is 23.2 Å². The van der Waals surface area contributed by atoms with E-state index in [2.05, 4.69) is 20.5 Å². The maximum absolute atomic E-state index is 12.4. The summed E-state index contributed by atoms with van der Waals surface area (Å²) in [7, 11) is 0. The molecular formula is C22H16Cl2N4O3. The van der Waals surface area contributed by atoms with Gasteiger partial charge in [0, 0.05) is 12.1 Å². The molecule has 31 heavy (non-hydrogen) atoms. The molecule has 156 valence electrons. The highest BCUT2D eigenvalue weighted by Gasteiger charge is 2.15. The molecule has 4 aromatic rings. The largest absolute Gasteiger partial charge is 0.505 e. The highest BCUT2D eigenvalue weighted by molar-refractivity contribution is 6.37. The van der Waals surface area contributed by atoms with Crippen LogP contribution < -0.4 is 10.1 Å². The second kappa shape index (κ2) is 9.07. The Morgan fingerprint density at radius 2 is 1.65 bits per heavy atom. The number of ether oxygens (including phenoxy) is 1. The predicted octanol–water partition coefficient (Wildman–Crippen LogP) is 5.21. The SMILES string of the molecule is O=C(NCc1ccc(Oc2ccccc2)cc1)c1n[nH]c(-c2cc(Cl)c(O)c(Cl)c2)n1. The van der Waals surface area contributed by atoms with Gasteiger partial charge in [0.25, 0.3) is 5.91 Å². The topological polar surface area (TPSA) is 100 Å². The average Bonchev–Trinajstić information content (AvgIpc) is 3.28. The molecule has 0 radical (unpaired) electrons. The second-order valence-electron chi connectivity index (χ2n) is 6.54. The molecule has 0 atom stereocenters. The van der Waals surface area contributed by atoms with Crippen molar-refractivity contribution in [3.05, 3.63) is 88.2 Å². The van der Waals surface area contributed by atoms with E-state index in [0.29, 0.717) is 23.7 Å². The molecule has 3 aromatic carbocycles. The van der Waals surface area contributed by atoms with E-state index in [9.17, 15) is 9.90 Å². The molecule has 1 amide bonds. The molecule has 0 aliphatic carbocycles. The first-order chi connectivity index (χ1) is 15.0. The first-order valence-corrected chi connectivity index (χ1v) is 9.96. The van der Waals surface area contributed by atoms with Crippen molar-refractivity contribution in [1.29, 1.82) is 0 Å². The van der Waals surface area contributed by atoms with Crippen LogP contribution in [0.25, 0.3) is 11.4 Å². The lowest BCUT2D eigenvalue weighted by molar-refractivity contribution is 0.0941. The number of halogens is 2. The molecule has 0 fully saturated rings. The number of aromatic amines is 1. The second-order valence-corrected chi connectivity index (χ2v) is 7.35. The number of phenols is 1. The number of carbonyl (C=O) groups excluding carboxylic acids is 1. The number of aromatic nitrogens is 3. The molecule has 1 heterocycles. The Balaban J connectivity index is 1.37. The number of hydrogen-bond donors (Lipinski definition) is 3. The van der Waals surface area contributed by atoms with Crippen molar-refractivity contribution in [2.75, 3.05) is 0 Å². The number of aromatic hydroxyl groups is 1. The molecule has 1 aromatic heterocycles. The fraction of sp³-hybridized carbons (Fsp3) is 0.0455. The Bertz CT molecular complexity index is 1190. The van der Waals surface area contributed by atoms with E-state index in [4.69, 9.17) is 27.9 Å². The molecule has 3 N–H and O–H groups in total. The van der Waals surface area contributed by atoms with E-state index in [0.717, 1.165) is 11.3 Å². The minimum Gasteiger partial charge on any atom is -0.505 e. The van der Waals surface area contributed by atoms with Gasteiger partial charge >= 0.3 is 0 Å². The summed E-state index contributed by atoms with van der Waals surface area (Å²) in [4.78, 5) is 16.6. The number of H-pyrrole nitrogens is 1. The lowest BCUT2D eigenvalue weighted by Gasteiger charge is -2.07. The van der Waals surface area contributed by atoms with Gasteiger partial charge in [0.2, 0.25) is 5.82 Å². The van der Waals surface area contributed by atoms with Crippen LogP contribution in [0.2, 0.25) is 10.0 Å². The fourth-order valence-electron chi connectivity index (χ4n) is 2.76. The summed E-state index contributed by atoms with van der Waals surface area (Å²) in [5.41, 5.74) is 1.38. The monoisotopic (exact) mass is 454 g/mol. The molecule has 0 unspecified atom stereocenters. The zero-order valence-electron chi connectivity index (χ0n) is 16.0. The first-order valence-electron chi connectivity index (χ1n) is 9.20. The Hall–Kier alpha value is -3.55. The molecule has 9 heteroatoms. The number of amides is 1. The first kappa shape index (κ1) is 20.7. The van der Waals surface area contributed by atoms with Crippen molar-refractivity contribution < 1.29 is 14.6 Å². The van der Waals surface area contributed by atoms with Gasteiger partial charge in [0.15, 0.2) is 11.6 Å². The molecular weight excluding hydrogens is 439 g/mol. The van der Waals surface area contributed by atoms with Crippen LogP contribution in [0.5, 0.6) is 17.2 Å². The van der Waals surface area contributed by atoms with Crippen LogP contribution in [0.4, 0.5) is 0 Å². The summed E-state index contributed by atoms with van der Waals surface area (Å²) in [6, 6.07) is 19.8. The van der Waals surface area contributed by atoms with E-state index >= 15 is 0 Å². The normalized spacial score (nSPS) is 10.6. The Morgan fingerprint density at radius 1 is 1.00 bits per heavy atom. The smallest absolute Gasteiger partial charge is 0.291 e. The quantitative estimate of drug-likeness (QED) is 0.371. The van der Waals surface area contributed by atoms with Crippen molar-refractivity contribution >= 4 is 29.1 Å². The third kappa shape index (κ3) is 4.96. The van der Waals surface area contributed by atoms with Crippen LogP contribution in [0.15, 0.2) is 66.7 Å². The summed E-state index contributed by atoms with van der Waals surface area (Å²) < 4.78 is 5.75. The zero-order chi connectivity index (χ0) is 21.8. The van der Waals surface area contributed by atoms with Crippen molar-refractivity contribution in [3.8, 4) is 28.6 Å². The van der Waals surface area contributed by atoms with Crippen LogP contribution in [-0.4, -0.2) is 26.2 Å². The maximum Gasteiger partial charge on any atom is 0.291 e. The maximum atomic E-state index is 12.4. The summed E-state index contributed by atoms with van der Waals surface area (Å²) in [5, 5.41) is 19.2. The van der Waals surface area contributed by atoms with Gasteiger partial charge in [0.1, 0.15) is 11.5 Å². The number of nitrogens with one attached hydrogen (secondary N) is 2. The molecule has 0 saturated heterocycles. The fourth-order valence-corrected chi connectivity index (χ4v) is 3.24. The highest BCUT2D eigenvalue weighted by Crippen LogP contribution is 2.35. The van der Waals surface area contributed by atoms with Crippen molar-refractivity contribution in [3.63, 3.8) is 0 Å². The molecule has 4 rings (SSSR count). The van der Waals surface area contributed by atoms with Crippen molar-refractivity contribution in [2.45, 2.75) is 6.54 Å². The molecule has 7 nitrogen and oxygen atoms in total. The van der Waals surface area contributed by atoms with E-state index in [-0.39, 0.29) is 21.6 Å². The lowest BCUT2D eigenvalue weighted by atomic mass is 10.2. The van der Waals surface area contributed by atoms with Crippen molar-refractivity contribution in [2.24, 2.45) is 0 Å². The Labute approximate surface area is 187 Å². The molecule has 0 aliphatic heterocycles. The molecule has 0 saturated carbocycles. The lowest BCUT2D eigenvalue weighted by Crippen LogP contribution is -2.24. The van der Waals surface area contributed by atoms with Gasteiger partial charge < -0.3 is 15.2 Å². The predicted molar refractivity (Wildman–Crippen MR) is 118 cm³/mol.